The molecule has 2 heterocycles. The van der Waals surface area contributed by atoms with Crippen LogP contribution in [0, 0.1) is 5.92 Å². The Labute approximate surface area is 131 Å². The van der Waals surface area contributed by atoms with Crippen molar-refractivity contribution in [3.05, 3.63) is 59.7 Å². The molecule has 0 saturated carbocycles. The van der Waals surface area contributed by atoms with Crippen LogP contribution in [0.3, 0.4) is 0 Å². The Morgan fingerprint density at radius 1 is 1.09 bits per heavy atom. The molecule has 1 fully saturated rings. The maximum atomic E-state index is 6.14. The van der Waals surface area contributed by atoms with Crippen LogP contribution in [0.5, 0.6) is 5.75 Å². The van der Waals surface area contributed by atoms with Gasteiger partial charge in [-0.1, -0.05) is 30.3 Å². The topological polar surface area (TPSA) is 30.5 Å². The van der Waals surface area contributed by atoms with Crippen molar-refractivity contribution in [3.8, 4) is 5.75 Å². The van der Waals surface area contributed by atoms with E-state index in [1.807, 2.05) is 12.1 Å². The van der Waals surface area contributed by atoms with Crippen LogP contribution in [-0.4, -0.2) is 13.7 Å². The van der Waals surface area contributed by atoms with Crippen LogP contribution in [-0.2, 0) is 4.74 Å². The lowest BCUT2D eigenvalue weighted by Crippen LogP contribution is -2.35. The van der Waals surface area contributed by atoms with Gasteiger partial charge in [-0.3, -0.25) is 0 Å². The number of para-hydroxylation sites is 1. The monoisotopic (exact) mass is 295 g/mol. The van der Waals surface area contributed by atoms with E-state index in [4.69, 9.17) is 9.47 Å². The van der Waals surface area contributed by atoms with Gasteiger partial charge in [0.05, 0.1) is 19.3 Å². The van der Waals surface area contributed by atoms with Gasteiger partial charge in [-0.15, -0.1) is 0 Å². The van der Waals surface area contributed by atoms with Crippen molar-refractivity contribution in [1.29, 1.82) is 0 Å². The van der Waals surface area contributed by atoms with Crippen molar-refractivity contribution in [2.24, 2.45) is 5.92 Å². The number of fused-ring (bicyclic) bond motifs is 3. The zero-order chi connectivity index (χ0) is 14.9. The van der Waals surface area contributed by atoms with Crippen molar-refractivity contribution in [2.75, 3.05) is 19.0 Å². The molecule has 4 rings (SSSR count). The van der Waals surface area contributed by atoms with Crippen molar-refractivity contribution in [1.82, 2.24) is 0 Å². The minimum Gasteiger partial charge on any atom is -0.497 e. The summed E-state index contributed by atoms with van der Waals surface area (Å²) in [4.78, 5) is 0. The number of rotatable bonds is 2. The first-order chi connectivity index (χ1) is 10.9. The molecule has 2 aliphatic heterocycles. The molecule has 0 aliphatic carbocycles. The molecule has 3 nitrogen and oxygen atoms in total. The van der Waals surface area contributed by atoms with Gasteiger partial charge < -0.3 is 14.8 Å². The first-order valence-electron chi connectivity index (χ1n) is 7.98. The summed E-state index contributed by atoms with van der Waals surface area (Å²) in [5.41, 5.74) is 3.80. The predicted molar refractivity (Wildman–Crippen MR) is 87.2 cm³/mol. The third-order valence-electron chi connectivity index (χ3n) is 4.85. The number of nitrogens with one attached hydrogen (secondary N) is 1. The van der Waals surface area contributed by atoms with E-state index in [1.54, 1.807) is 7.11 Å². The van der Waals surface area contributed by atoms with Crippen LogP contribution in [0.1, 0.15) is 36.1 Å². The van der Waals surface area contributed by atoms with E-state index in [0.29, 0.717) is 12.0 Å². The number of hydrogen-bond donors (Lipinski definition) is 1. The molecule has 22 heavy (non-hydrogen) atoms. The van der Waals surface area contributed by atoms with E-state index in [0.717, 1.165) is 18.8 Å². The Kier molecular flexibility index (Phi) is 3.51. The van der Waals surface area contributed by atoms with Gasteiger partial charge in [0, 0.05) is 23.8 Å². The second kappa shape index (κ2) is 5.65. The smallest absolute Gasteiger partial charge is 0.118 e. The van der Waals surface area contributed by atoms with Crippen LogP contribution in [0.4, 0.5) is 5.69 Å². The van der Waals surface area contributed by atoms with Gasteiger partial charge in [0.1, 0.15) is 5.75 Å². The Bertz CT molecular complexity index is 653. The first-order valence-corrected chi connectivity index (χ1v) is 7.98. The van der Waals surface area contributed by atoms with Gasteiger partial charge in [-0.25, -0.2) is 0 Å². The lowest BCUT2D eigenvalue weighted by molar-refractivity contribution is -0.0381. The Morgan fingerprint density at radius 2 is 1.91 bits per heavy atom. The summed E-state index contributed by atoms with van der Waals surface area (Å²) >= 11 is 0. The quantitative estimate of drug-likeness (QED) is 0.894. The summed E-state index contributed by atoms with van der Waals surface area (Å²) < 4.78 is 11.4. The Morgan fingerprint density at radius 3 is 2.73 bits per heavy atom. The third-order valence-corrected chi connectivity index (χ3v) is 4.85. The van der Waals surface area contributed by atoms with E-state index in [-0.39, 0.29) is 6.10 Å². The van der Waals surface area contributed by atoms with E-state index >= 15 is 0 Å². The number of anilines is 1. The minimum absolute atomic E-state index is 0.207. The molecule has 0 radical (unpaired) electrons. The van der Waals surface area contributed by atoms with Gasteiger partial charge in [-0.2, -0.15) is 0 Å². The molecule has 114 valence electrons. The number of benzene rings is 2. The molecule has 3 atom stereocenters. The standard InChI is InChI=1S/C19H21NO2/c1-21-14-10-8-13(9-11-14)18-16-6-4-12-22-19(16)15-5-2-3-7-17(15)20-18/h2-3,5,7-11,16,18-20H,4,6,12H2,1H3/t16-,18+,19+/m1/s1. The lowest BCUT2D eigenvalue weighted by Gasteiger charge is -2.43. The average Bonchev–Trinajstić information content (AvgIpc) is 2.61. The fourth-order valence-corrected chi connectivity index (χ4v) is 3.76. The fraction of sp³-hybridized carbons (Fsp3) is 0.368. The first kappa shape index (κ1) is 13.6. The molecule has 0 amide bonds. The molecule has 3 heteroatoms. The second-order valence-corrected chi connectivity index (χ2v) is 6.08. The van der Waals surface area contributed by atoms with Crippen molar-refractivity contribution in [3.63, 3.8) is 0 Å². The highest BCUT2D eigenvalue weighted by atomic mass is 16.5. The molecular formula is C19H21NO2. The molecule has 1 saturated heterocycles. The van der Waals surface area contributed by atoms with Gasteiger partial charge in [0.25, 0.3) is 0 Å². The largest absolute Gasteiger partial charge is 0.497 e. The fourth-order valence-electron chi connectivity index (χ4n) is 3.76. The number of ether oxygens (including phenoxy) is 2. The maximum Gasteiger partial charge on any atom is 0.118 e. The molecule has 0 aromatic heterocycles. The third kappa shape index (κ3) is 2.26. The molecule has 2 aromatic rings. The highest BCUT2D eigenvalue weighted by Crippen LogP contribution is 2.48. The van der Waals surface area contributed by atoms with Crippen molar-refractivity contribution < 1.29 is 9.47 Å². The van der Waals surface area contributed by atoms with Gasteiger partial charge in [-0.05, 0) is 36.6 Å². The number of methoxy groups -OCH3 is 1. The molecule has 0 spiro atoms. The summed E-state index contributed by atoms with van der Waals surface area (Å²) in [5, 5.41) is 3.73. The van der Waals surface area contributed by atoms with E-state index in [2.05, 4.69) is 41.7 Å². The minimum atomic E-state index is 0.207. The molecular weight excluding hydrogens is 274 g/mol. The van der Waals surface area contributed by atoms with E-state index in [9.17, 15) is 0 Å². The summed E-state index contributed by atoms with van der Waals surface area (Å²) in [6.07, 6.45) is 2.54. The average molecular weight is 295 g/mol. The normalized spacial score (nSPS) is 26.5. The molecule has 0 unspecified atom stereocenters. The maximum absolute atomic E-state index is 6.14. The lowest BCUT2D eigenvalue weighted by atomic mass is 9.77. The molecule has 2 aliphatic rings. The van der Waals surface area contributed by atoms with Crippen LogP contribution in [0.15, 0.2) is 48.5 Å². The van der Waals surface area contributed by atoms with Crippen molar-refractivity contribution in [2.45, 2.75) is 25.0 Å². The zero-order valence-corrected chi connectivity index (χ0v) is 12.8. The summed E-state index contributed by atoms with van der Waals surface area (Å²) in [6.45, 7) is 0.866. The van der Waals surface area contributed by atoms with Crippen LogP contribution in [0.25, 0.3) is 0 Å². The van der Waals surface area contributed by atoms with Crippen LogP contribution in [0.2, 0.25) is 0 Å². The second-order valence-electron chi connectivity index (χ2n) is 6.08. The van der Waals surface area contributed by atoms with Crippen molar-refractivity contribution >= 4 is 5.69 Å². The molecule has 0 bridgehead atoms. The zero-order valence-electron chi connectivity index (χ0n) is 12.8. The van der Waals surface area contributed by atoms with E-state index < -0.39 is 0 Å². The van der Waals surface area contributed by atoms with E-state index in [1.165, 1.54) is 23.2 Å². The summed E-state index contributed by atoms with van der Waals surface area (Å²) in [6, 6.07) is 17.2. The van der Waals surface area contributed by atoms with Gasteiger partial charge in [0.15, 0.2) is 0 Å². The Balaban J connectivity index is 1.72. The SMILES string of the molecule is COc1ccc([C@@H]2Nc3ccccc3[C@@H]3OCCC[C@H]23)cc1. The van der Waals surface area contributed by atoms with Crippen LogP contribution < -0.4 is 10.1 Å². The van der Waals surface area contributed by atoms with Crippen LogP contribution >= 0.6 is 0 Å². The summed E-state index contributed by atoms with van der Waals surface area (Å²) in [5.74, 6) is 1.38. The summed E-state index contributed by atoms with van der Waals surface area (Å²) in [7, 11) is 1.70. The highest BCUT2D eigenvalue weighted by Gasteiger charge is 2.39. The molecule has 2 aromatic carbocycles. The molecule has 1 N–H and O–H groups in total. The highest BCUT2D eigenvalue weighted by molar-refractivity contribution is 5.57. The van der Waals surface area contributed by atoms with Gasteiger partial charge >= 0.3 is 0 Å². The van der Waals surface area contributed by atoms with Gasteiger partial charge in [0.2, 0.25) is 0 Å². The predicted octanol–water partition coefficient (Wildman–Crippen LogP) is 4.33. The number of hydrogen-bond acceptors (Lipinski definition) is 3. The Hall–Kier alpha value is -2.00.